The van der Waals surface area contributed by atoms with Gasteiger partial charge in [-0.1, -0.05) is 32.0 Å². The van der Waals surface area contributed by atoms with Crippen molar-refractivity contribution in [3.8, 4) is 0 Å². The van der Waals surface area contributed by atoms with E-state index >= 15 is 0 Å². The quantitative estimate of drug-likeness (QED) is 0.609. The first-order valence-corrected chi connectivity index (χ1v) is 11.2. The van der Waals surface area contributed by atoms with Gasteiger partial charge in [0.1, 0.15) is 17.2 Å². The van der Waals surface area contributed by atoms with Gasteiger partial charge in [-0.2, -0.15) is 13.2 Å². The standard InChI is InChI=1S/C23H24F4N2O2S/c1-13(2)14(3)28-20(30)19-12-32-22(15-7-9-17(10-8-15)23(25,26)27)29(19)21(31)16-5-4-6-18(24)11-16/h4-11,13-14,19,22H,12H2,1-3H3,(H,28,30). The van der Waals surface area contributed by atoms with Gasteiger partial charge in [0.15, 0.2) is 0 Å². The molecule has 0 bridgehead atoms. The topological polar surface area (TPSA) is 49.4 Å². The van der Waals surface area contributed by atoms with Gasteiger partial charge in [-0.25, -0.2) is 4.39 Å². The maximum Gasteiger partial charge on any atom is 0.416 e. The number of alkyl halides is 3. The second-order valence-electron chi connectivity index (χ2n) is 8.09. The summed E-state index contributed by atoms with van der Waals surface area (Å²) in [5.74, 6) is -1.06. The summed E-state index contributed by atoms with van der Waals surface area (Å²) in [6, 6.07) is 8.68. The molecule has 4 nitrogen and oxygen atoms in total. The SMILES string of the molecule is CC(C)C(C)NC(=O)C1CSC(c2ccc(C(F)(F)F)cc2)N1C(=O)c1cccc(F)c1. The van der Waals surface area contributed by atoms with Gasteiger partial charge in [0.25, 0.3) is 5.91 Å². The summed E-state index contributed by atoms with van der Waals surface area (Å²) < 4.78 is 52.6. The van der Waals surface area contributed by atoms with E-state index in [0.29, 0.717) is 5.56 Å². The van der Waals surface area contributed by atoms with Gasteiger partial charge in [-0.3, -0.25) is 9.59 Å². The normalized spacial score (nSPS) is 19.8. The molecule has 9 heteroatoms. The molecule has 2 aromatic carbocycles. The third-order valence-corrected chi connectivity index (χ3v) is 6.83. The highest BCUT2D eigenvalue weighted by atomic mass is 32.2. The molecule has 1 saturated heterocycles. The maximum absolute atomic E-state index is 13.7. The van der Waals surface area contributed by atoms with Crippen molar-refractivity contribution >= 4 is 23.6 Å². The van der Waals surface area contributed by atoms with Crippen LogP contribution in [0.4, 0.5) is 17.6 Å². The van der Waals surface area contributed by atoms with Crippen molar-refractivity contribution < 1.29 is 27.2 Å². The number of hydrogen-bond acceptors (Lipinski definition) is 3. The number of thioether (sulfide) groups is 1. The van der Waals surface area contributed by atoms with Crippen molar-refractivity contribution in [1.82, 2.24) is 10.2 Å². The van der Waals surface area contributed by atoms with Crippen LogP contribution in [0.25, 0.3) is 0 Å². The van der Waals surface area contributed by atoms with Gasteiger partial charge >= 0.3 is 6.18 Å². The highest BCUT2D eigenvalue weighted by molar-refractivity contribution is 7.99. The molecule has 1 aliphatic heterocycles. The van der Waals surface area contributed by atoms with Gasteiger partial charge < -0.3 is 10.2 Å². The number of carbonyl (C=O) groups excluding carboxylic acids is 2. The van der Waals surface area contributed by atoms with E-state index in [1.54, 1.807) is 0 Å². The van der Waals surface area contributed by atoms with Crippen LogP contribution in [0.2, 0.25) is 0 Å². The molecular formula is C23H24F4N2O2S. The number of amides is 2. The fourth-order valence-electron chi connectivity index (χ4n) is 3.31. The Labute approximate surface area is 188 Å². The number of carbonyl (C=O) groups is 2. The van der Waals surface area contributed by atoms with Crippen LogP contribution in [0.5, 0.6) is 0 Å². The maximum atomic E-state index is 13.7. The molecule has 0 aliphatic carbocycles. The zero-order valence-corrected chi connectivity index (χ0v) is 18.6. The molecule has 3 atom stereocenters. The largest absolute Gasteiger partial charge is 0.416 e. The average molecular weight is 469 g/mol. The van der Waals surface area contributed by atoms with Crippen molar-refractivity contribution in [2.45, 2.75) is 44.4 Å². The molecule has 1 fully saturated rings. The van der Waals surface area contributed by atoms with Crippen LogP contribution in [0, 0.1) is 11.7 Å². The van der Waals surface area contributed by atoms with Crippen LogP contribution in [0.15, 0.2) is 48.5 Å². The molecular weight excluding hydrogens is 444 g/mol. The van der Waals surface area contributed by atoms with Crippen molar-refractivity contribution in [2.75, 3.05) is 5.75 Å². The predicted molar refractivity (Wildman–Crippen MR) is 115 cm³/mol. The van der Waals surface area contributed by atoms with E-state index in [4.69, 9.17) is 0 Å². The third kappa shape index (κ3) is 5.26. The molecule has 2 aromatic rings. The van der Waals surface area contributed by atoms with Gasteiger partial charge in [-0.05, 0) is 48.7 Å². The minimum absolute atomic E-state index is 0.0686. The lowest BCUT2D eigenvalue weighted by molar-refractivity contribution is -0.137. The lowest BCUT2D eigenvalue weighted by Gasteiger charge is -2.30. The van der Waals surface area contributed by atoms with Crippen LogP contribution < -0.4 is 5.32 Å². The molecule has 0 radical (unpaired) electrons. The highest BCUT2D eigenvalue weighted by Gasteiger charge is 2.43. The molecule has 32 heavy (non-hydrogen) atoms. The van der Waals surface area contributed by atoms with Crippen LogP contribution in [0.3, 0.4) is 0 Å². The predicted octanol–water partition coefficient (Wildman–Crippen LogP) is 5.26. The number of nitrogens with zero attached hydrogens (tertiary/aromatic N) is 1. The molecule has 2 amide bonds. The summed E-state index contributed by atoms with van der Waals surface area (Å²) in [6.07, 6.45) is -4.48. The zero-order valence-electron chi connectivity index (χ0n) is 17.8. The average Bonchev–Trinajstić information content (AvgIpc) is 3.17. The Bertz CT molecular complexity index is 979. The molecule has 0 spiro atoms. The molecule has 0 aromatic heterocycles. The fraction of sp³-hybridized carbons (Fsp3) is 0.391. The van der Waals surface area contributed by atoms with Crippen LogP contribution in [-0.2, 0) is 11.0 Å². The first kappa shape index (κ1) is 24.1. The molecule has 1 aliphatic rings. The van der Waals surface area contributed by atoms with Crippen molar-refractivity contribution in [2.24, 2.45) is 5.92 Å². The fourth-order valence-corrected chi connectivity index (χ4v) is 4.74. The minimum Gasteiger partial charge on any atom is -0.352 e. The van der Waals surface area contributed by atoms with E-state index in [9.17, 15) is 27.2 Å². The molecule has 0 saturated carbocycles. The lowest BCUT2D eigenvalue weighted by Crippen LogP contribution is -2.50. The van der Waals surface area contributed by atoms with Crippen LogP contribution in [0.1, 0.15) is 47.6 Å². The Balaban J connectivity index is 1.95. The van der Waals surface area contributed by atoms with E-state index in [1.165, 1.54) is 47.0 Å². The zero-order chi connectivity index (χ0) is 23.6. The summed E-state index contributed by atoms with van der Waals surface area (Å²) in [7, 11) is 0. The number of rotatable bonds is 5. The Hall–Kier alpha value is -2.55. The van der Waals surface area contributed by atoms with E-state index in [2.05, 4.69) is 5.32 Å². The molecule has 3 unspecified atom stereocenters. The molecule has 1 heterocycles. The lowest BCUT2D eigenvalue weighted by atomic mass is 10.1. The van der Waals surface area contributed by atoms with Gasteiger partial charge in [-0.15, -0.1) is 11.8 Å². The summed E-state index contributed by atoms with van der Waals surface area (Å²) in [6.45, 7) is 5.76. The number of halogens is 4. The summed E-state index contributed by atoms with van der Waals surface area (Å²) >= 11 is 1.29. The molecule has 3 rings (SSSR count). The monoisotopic (exact) mass is 468 g/mol. The van der Waals surface area contributed by atoms with E-state index in [0.717, 1.165) is 18.2 Å². The summed E-state index contributed by atoms with van der Waals surface area (Å²) in [5, 5.41) is 2.22. The molecule has 172 valence electrons. The number of nitrogens with one attached hydrogen (secondary N) is 1. The van der Waals surface area contributed by atoms with E-state index in [1.807, 2.05) is 20.8 Å². The highest BCUT2D eigenvalue weighted by Crippen LogP contribution is 2.43. The Kier molecular flexibility index (Phi) is 7.17. The second-order valence-corrected chi connectivity index (χ2v) is 9.20. The van der Waals surface area contributed by atoms with E-state index < -0.39 is 34.9 Å². The van der Waals surface area contributed by atoms with Gasteiger partial charge in [0.05, 0.1) is 5.56 Å². The van der Waals surface area contributed by atoms with Crippen molar-refractivity contribution in [1.29, 1.82) is 0 Å². The Morgan fingerprint density at radius 2 is 1.75 bits per heavy atom. The minimum atomic E-state index is -4.48. The summed E-state index contributed by atoms with van der Waals surface area (Å²) in [5.41, 5.74) is -0.272. The third-order valence-electron chi connectivity index (χ3n) is 5.50. The first-order valence-electron chi connectivity index (χ1n) is 10.2. The van der Waals surface area contributed by atoms with Gasteiger partial charge in [0, 0.05) is 17.4 Å². The van der Waals surface area contributed by atoms with Crippen molar-refractivity contribution in [3.63, 3.8) is 0 Å². The van der Waals surface area contributed by atoms with E-state index in [-0.39, 0.29) is 29.2 Å². The Morgan fingerprint density at radius 3 is 2.31 bits per heavy atom. The van der Waals surface area contributed by atoms with Crippen LogP contribution >= 0.6 is 11.8 Å². The van der Waals surface area contributed by atoms with Gasteiger partial charge in [0.2, 0.25) is 5.91 Å². The second kappa shape index (κ2) is 9.52. The summed E-state index contributed by atoms with van der Waals surface area (Å²) in [4.78, 5) is 27.7. The van der Waals surface area contributed by atoms with Crippen LogP contribution in [-0.4, -0.2) is 34.6 Å². The molecule has 1 N–H and O–H groups in total. The van der Waals surface area contributed by atoms with Crippen molar-refractivity contribution in [3.05, 3.63) is 71.0 Å². The number of benzene rings is 2. The Morgan fingerprint density at radius 1 is 1.09 bits per heavy atom. The smallest absolute Gasteiger partial charge is 0.352 e. The first-order chi connectivity index (χ1) is 15.0. The number of hydrogen-bond donors (Lipinski definition) is 1.